The Morgan fingerprint density at radius 2 is 1.75 bits per heavy atom. The lowest BCUT2D eigenvalue weighted by molar-refractivity contribution is -0.121. The Balaban J connectivity index is 1.77. The summed E-state index contributed by atoms with van der Waals surface area (Å²) in [6.07, 6.45) is 1.34. The number of amides is 2. The zero-order valence-corrected chi connectivity index (χ0v) is 20.5. The SMILES string of the molecule is COc1cc(/C=N/NC(=O)CN(Cc2ccccc2)S(=O)(=O)c2ccc(NC(C)=O)cc2)ccc1O. The van der Waals surface area contributed by atoms with Crippen molar-refractivity contribution in [2.24, 2.45) is 5.10 Å². The van der Waals surface area contributed by atoms with E-state index in [0.717, 1.165) is 4.31 Å². The number of anilines is 1. The second kappa shape index (κ2) is 12.0. The molecule has 0 radical (unpaired) electrons. The lowest BCUT2D eigenvalue weighted by Crippen LogP contribution is -2.39. The van der Waals surface area contributed by atoms with Crippen LogP contribution in [-0.2, 0) is 26.2 Å². The molecular formula is C25H26N4O6S. The van der Waals surface area contributed by atoms with Gasteiger partial charge in [0.1, 0.15) is 0 Å². The van der Waals surface area contributed by atoms with Gasteiger partial charge in [-0.05, 0) is 53.6 Å². The Labute approximate surface area is 209 Å². The van der Waals surface area contributed by atoms with E-state index in [0.29, 0.717) is 16.8 Å². The normalized spacial score (nSPS) is 11.4. The fourth-order valence-electron chi connectivity index (χ4n) is 3.22. The molecule has 0 bridgehead atoms. The van der Waals surface area contributed by atoms with E-state index in [1.54, 1.807) is 30.3 Å². The van der Waals surface area contributed by atoms with Gasteiger partial charge in [0.05, 0.1) is 24.8 Å². The minimum Gasteiger partial charge on any atom is -0.504 e. The van der Waals surface area contributed by atoms with E-state index in [2.05, 4.69) is 15.8 Å². The van der Waals surface area contributed by atoms with Gasteiger partial charge in [0, 0.05) is 19.2 Å². The van der Waals surface area contributed by atoms with Gasteiger partial charge in [0.25, 0.3) is 5.91 Å². The van der Waals surface area contributed by atoms with Gasteiger partial charge >= 0.3 is 0 Å². The van der Waals surface area contributed by atoms with Gasteiger partial charge in [-0.15, -0.1) is 0 Å². The number of carbonyl (C=O) groups excluding carboxylic acids is 2. The summed E-state index contributed by atoms with van der Waals surface area (Å²) in [5.41, 5.74) is 4.03. The average Bonchev–Trinajstić information content (AvgIpc) is 2.85. The lowest BCUT2D eigenvalue weighted by atomic mass is 10.2. The molecule has 3 N–H and O–H groups in total. The van der Waals surface area contributed by atoms with Gasteiger partial charge in [-0.2, -0.15) is 9.41 Å². The topological polar surface area (TPSA) is 137 Å². The summed E-state index contributed by atoms with van der Waals surface area (Å²) in [6.45, 7) is 0.829. The van der Waals surface area contributed by atoms with Crippen molar-refractivity contribution in [3.05, 3.63) is 83.9 Å². The second-order valence-electron chi connectivity index (χ2n) is 7.69. The van der Waals surface area contributed by atoms with Crippen molar-refractivity contribution in [2.45, 2.75) is 18.4 Å². The Kier molecular flexibility index (Phi) is 8.76. The van der Waals surface area contributed by atoms with Crippen molar-refractivity contribution >= 4 is 33.7 Å². The van der Waals surface area contributed by atoms with Crippen molar-refractivity contribution in [3.63, 3.8) is 0 Å². The van der Waals surface area contributed by atoms with Crippen molar-refractivity contribution < 1.29 is 27.9 Å². The van der Waals surface area contributed by atoms with Crippen LogP contribution in [0.2, 0.25) is 0 Å². The zero-order valence-electron chi connectivity index (χ0n) is 19.7. The minimum atomic E-state index is -4.07. The highest BCUT2D eigenvalue weighted by molar-refractivity contribution is 7.89. The molecule has 0 heterocycles. The fourth-order valence-corrected chi connectivity index (χ4v) is 4.61. The average molecular weight is 511 g/mol. The number of phenolic OH excluding ortho intramolecular Hbond substituents is 1. The third-order valence-corrected chi connectivity index (χ3v) is 6.75. The number of ether oxygens (including phenoxy) is 1. The number of rotatable bonds is 10. The number of benzene rings is 3. The molecule has 11 heteroatoms. The van der Waals surface area contributed by atoms with Crippen LogP contribution in [0.1, 0.15) is 18.1 Å². The molecule has 0 aliphatic rings. The Hall–Kier alpha value is -4.22. The van der Waals surface area contributed by atoms with Crippen molar-refractivity contribution in [3.8, 4) is 11.5 Å². The molecule has 3 aromatic rings. The van der Waals surface area contributed by atoms with Crippen molar-refractivity contribution in [1.82, 2.24) is 9.73 Å². The summed E-state index contributed by atoms with van der Waals surface area (Å²) in [5.74, 6) is -0.717. The van der Waals surface area contributed by atoms with Gasteiger partial charge < -0.3 is 15.2 Å². The molecule has 0 atom stereocenters. The van der Waals surface area contributed by atoms with E-state index < -0.39 is 22.5 Å². The monoisotopic (exact) mass is 510 g/mol. The molecule has 3 rings (SSSR count). The van der Waals surface area contributed by atoms with Gasteiger partial charge in [-0.3, -0.25) is 9.59 Å². The van der Waals surface area contributed by atoms with E-state index >= 15 is 0 Å². The van der Waals surface area contributed by atoms with Crippen LogP contribution in [-0.4, -0.2) is 49.5 Å². The van der Waals surface area contributed by atoms with Gasteiger partial charge in [0.15, 0.2) is 11.5 Å². The Morgan fingerprint density at radius 3 is 2.39 bits per heavy atom. The molecule has 0 saturated heterocycles. The summed E-state index contributed by atoms with van der Waals surface area (Å²) < 4.78 is 32.9. The number of methoxy groups -OCH3 is 1. The van der Waals surface area contributed by atoms with E-state index in [4.69, 9.17) is 4.74 Å². The van der Waals surface area contributed by atoms with Crippen LogP contribution >= 0.6 is 0 Å². The smallest absolute Gasteiger partial charge is 0.255 e. The van der Waals surface area contributed by atoms with E-state index in [-0.39, 0.29) is 28.8 Å². The van der Waals surface area contributed by atoms with Gasteiger partial charge in [-0.25, -0.2) is 13.8 Å². The molecule has 0 fully saturated rings. The van der Waals surface area contributed by atoms with E-state index in [1.165, 1.54) is 56.6 Å². The number of hydrazone groups is 1. The standard InChI is InChI=1S/C25H26N4O6S/c1-18(30)27-21-9-11-22(12-10-21)36(33,34)29(16-19-6-4-3-5-7-19)17-25(32)28-26-15-20-8-13-23(31)24(14-20)35-2/h3-15,31H,16-17H2,1-2H3,(H,27,30)(H,28,32)/b26-15+. The quantitative estimate of drug-likeness (QED) is 0.283. The third kappa shape index (κ3) is 7.14. The number of nitrogens with one attached hydrogen (secondary N) is 2. The number of hydrogen-bond acceptors (Lipinski definition) is 7. The highest BCUT2D eigenvalue weighted by Crippen LogP contribution is 2.25. The number of aromatic hydroxyl groups is 1. The summed E-state index contributed by atoms with van der Waals surface area (Å²) in [6, 6.07) is 19.1. The lowest BCUT2D eigenvalue weighted by Gasteiger charge is -2.21. The van der Waals surface area contributed by atoms with Crippen LogP contribution in [0.15, 0.2) is 82.8 Å². The molecule has 36 heavy (non-hydrogen) atoms. The number of hydrogen-bond donors (Lipinski definition) is 3. The van der Waals surface area contributed by atoms with Crippen LogP contribution in [0, 0.1) is 0 Å². The number of phenols is 1. The first-order chi connectivity index (χ1) is 17.2. The zero-order chi connectivity index (χ0) is 26.1. The van der Waals surface area contributed by atoms with Crippen LogP contribution in [0.25, 0.3) is 0 Å². The molecule has 3 aromatic carbocycles. The highest BCUT2D eigenvalue weighted by Gasteiger charge is 2.27. The molecule has 2 amide bonds. The second-order valence-corrected chi connectivity index (χ2v) is 9.63. The number of carbonyl (C=O) groups is 2. The molecule has 0 unspecified atom stereocenters. The molecule has 0 aromatic heterocycles. The maximum absolute atomic E-state index is 13.4. The largest absolute Gasteiger partial charge is 0.504 e. The predicted octanol–water partition coefficient (Wildman–Crippen LogP) is 2.70. The Morgan fingerprint density at radius 1 is 1.06 bits per heavy atom. The predicted molar refractivity (Wildman–Crippen MR) is 135 cm³/mol. The maximum atomic E-state index is 13.4. The molecule has 0 aliphatic carbocycles. The van der Waals surface area contributed by atoms with Crippen LogP contribution in [0.5, 0.6) is 11.5 Å². The van der Waals surface area contributed by atoms with Crippen LogP contribution in [0.4, 0.5) is 5.69 Å². The first kappa shape index (κ1) is 26.4. The molecule has 188 valence electrons. The first-order valence-corrected chi connectivity index (χ1v) is 12.2. The van der Waals surface area contributed by atoms with E-state index in [1.807, 2.05) is 6.07 Å². The third-order valence-electron chi connectivity index (χ3n) is 4.94. The number of nitrogens with zero attached hydrogens (tertiary/aromatic N) is 2. The minimum absolute atomic E-state index is 0.0278. The van der Waals surface area contributed by atoms with E-state index in [9.17, 15) is 23.1 Å². The number of sulfonamides is 1. The molecule has 0 spiro atoms. The van der Waals surface area contributed by atoms with Gasteiger partial charge in [0.2, 0.25) is 15.9 Å². The molecule has 10 nitrogen and oxygen atoms in total. The summed E-state index contributed by atoms with van der Waals surface area (Å²) in [7, 11) is -2.66. The summed E-state index contributed by atoms with van der Waals surface area (Å²) >= 11 is 0. The van der Waals surface area contributed by atoms with Crippen molar-refractivity contribution in [1.29, 1.82) is 0 Å². The fraction of sp³-hybridized carbons (Fsp3) is 0.160. The molecule has 0 aliphatic heterocycles. The first-order valence-electron chi connectivity index (χ1n) is 10.8. The Bertz CT molecular complexity index is 1340. The molecule has 0 saturated carbocycles. The van der Waals surface area contributed by atoms with Gasteiger partial charge in [-0.1, -0.05) is 30.3 Å². The highest BCUT2D eigenvalue weighted by atomic mass is 32.2. The molecular weight excluding hydrogens is 484 g/mol. The van der Waals surface area contributed by atoms with Crippen molar-refractivity contribution in [2.75, 3.05) is 19.0 Å². The van der Waals surface area contributed by atoms with Crippen LogP contribution in [0.3, 0.4) is 0 Å². The summed E-state index contributed by atoms with van der Waals surface area (Å²) in [5, 5.41) is 16.1. The maximum Gasteiger partial charge on any atom is 0.255 e. The van der Waals surface area contributed by atoms with Crippen LogP contribution < -0.4 is 15.5 Å². The summed E-state index contributed by atoms with van der Waals surface area (Å²) in [4.78, 5) is 23.8.